The highest BCUT2D eigenvalue weighted by Crippen LogP contribution is 2.20. The van der Waals surface area contributed by atoms with E-state index in [2.05, 4.69) is 0 Å². The Hall–Kier alpha value is -1.93. The molecule has 19 heavy (non-hydrogen) atoms. The van der Waals surface area contributed by atoms with Crippen molar-refractivity contribution in [2.75, 3.05) is 0 Å². The van der Waals surface area contributed by atoms with Gasteiger partial charge in [0.2, 0.25) is 0 Å². The summed E-state index contributed by atoms with van der Waals surface area (Å²) in [5.74, 6) is -0.935. The quantitative estimate of drug-likeness (QED) is 0.840. The van der Waals surface area contributed by atoms with Crippen molar-refractivity contribution in [1.82, 2.24) is 9.62 Å². The molecule has 1 aliphatic rings. The van der Waals surface area contributed by atoms with Gasteiger partial charge in [0.15, 0.2) is 5.83 Å². The van der Waals surface area contributed by atoms with E-state index in [-0.39, 0.29) is 4.90 Å². The van der Waals surface area contributed by atoms with Gasteiger partial charge in [-0.1, -0.05) is 17.7 Å². The van der Waals surface area contributed by atoms with Gasteiger partial charge in [-0.25, -0.2) is 17.6 Å². The Labute approximate surface area is 109 Å². The van der Waals surface area contributed by atoms with Crippen LogP contribution >= 0.6 is 0 Å². The number of halogens is 1. The van der Waals surface area contributed by atoms with Crippen molar-refractivity contribution in [3.8, 4) is 0 Å². The van der Waals surface area contributed by atoms with Crippen LogP contribution in [0.2, 0.25) is 0 Å². The molecule has 0 aromatic heterocycles. The number of hydrogen-bond acceptors (Lipinski definition) is 4. The Morgan fingerprint density at radius 3 is 2.47 bits per heavy atom. The van der Waals surface area contributed by atoms with E-state index in [1.807, 2.05) is 5.32 Å². The van der Waals surface area contributed by atoms with Crippen LogP contribution < -0.4 is 11.1 Å². The number of nitrogens with zero attached hydrogens (tertiary/aromatic N) is 1. The topological polar surface area (TPSA) is 92.5 Å². The second-order valence-electron chi connectivity index (χ2n) is 4.06. The third-order valence-electron chi connectivity index (χ3n) is 2.59. The number of urea groups is 1. The van der Waals surface area contributed by atoms with Crippen molar-refractivity contribution in [1.29, 1.82) is 0 Å². The SMILES string of the molecule is Cc1ccc(S(=O)(=O)N2C=C(F)C(N)NC2=O)cc1. The summed E-state index contributed by atoms with van der Waals surface area (Å²) in [6, 6.07) is 4.87. The number of amides is 2. The van der Waals surface area contributed by atoms with Gasteiger partial charge in [0.25, 0.3) is 10.0 Å². The average Bonchev–Trinajstić information content (AvgIpc) is 2.34. The zero-order valence-electron chi connectivity index (χ0n) is 10.00. The van der Waals surface area contributed by atoms with Crippen molar-refractivity contribution < 1.29 is 17.6 Å². The number of nitrogens with one attached hydrogen (secondary N) is 1. The molecule has 102 valence electrons. The first kappa shape index (κ1) is 13.5. The lowest BCUT2D eigenvalue weighted by Crippen LogP contribution is -2.52. The summed E-state index contributed by atoms with van der Waals surface area (Å²) in [4.78, 5) is 11.5. The number of hydrogen-bond donors (Lipinski definition) is 2. The summed E-state index contributed by atoms with van der Waals surface area (Å²) in [6.07, 6.45) is -0.740. The Kier molecular flexibility index (Phi) is 3.29. The Morgan fingerprint density at radius 2 is 1.89 bits per heavy atom. The maximum Gasteiger partial charge on any atom is 0.337 e. The zero-order chi connectivity index (χ0) is 14.2. The van der Waals surface area contributed by atoms with Crippen molar-refractivity contribution >= 4 is 16.1 Å². The molecule has 0 spiro atoms. The van der Waals surface area contributed by atoms with Crippen LogP contribution in [0.4, 0.5) is 9.18 Å². The van der Waals surface area contributed by atoms with E-state index in [1.165, 1.54) is 12.1 Å². The summed E-state index contributed by atoms with van der Waals surface area (Å²) in [5.41, 5.74) is 6.10. The van der Waals surface area contributed by atoms with Crippen LogP contribution in [0.3, 0.4) is 0 Å². The maximum absolute atomic E-state index is 13.3. The molecule has 1 aromatic carbocycles. The lowest BCUT2D eigenvalue weighted by molar-refractivity contribution is 0.222. The summed E-state index contributed by atoms with van der Waals surface area (Å²) in [5, 5.41) is 2.01. The fraction of sp³-hybridized carbons (Fsp3) is 0.182. The Balaban J connectivity index is 2.45. The molecule has 1 unspecified atom stereocenters. The van der Waals surface area contributed by atoms with Crippen LogP contribution in [0.15, 0.2) is 41.2 Å². The Bertz CT molecular complexity index is 640. The molecule has 0 fully saturated rings. The van der Waals surface area contributed by atoms with E-state index >= 15 is 0 Å². The molecule has 1 aromatic rings. The van der Waals surface area contributed by atoms with Gasteiger partial charge in [-0.15, -0.1) is 0 Å². The number of sulfonamides is 1. The van der Waals surface area contributed by atoms with Gasteiger partial charge in [-0.05, 0) is 19.1 Å². The van der Waals surface area contributed by atoms with Gasteiger partial charge in [0.1, 0.15) is 6.17 Å². The van der Waals surface area contributed by atoms with Crippen LogP contribution in [0.5, 0.6) is 0 Å². The lowest BCUT2D eigenvalue weighted by atomic mass is 10.2. The molecule has 0 radical (unpaired) electrons. The highest BCUT2D eigenvalue weighted by Gasteiger charge is 2.33. The van der Waals surface area contributed by atoms with E-state index in [4.69, 9.17) is 5.73 Å². The van der Waals surface area contributed by atoms with Crippen molar-refractivity contribution in [3.05, 3.63) is 41.9 Å². The number of carbonyl (C=O) groups excluding carboxylic acids is 1. The van der Waals surface area contributed by atoms with E-state index in [0.29, 0.717) is 10.5 Å². The first-order chi connectivity index (χ1) is 8.82. The lowest BCUT2D eigenvalue weighted by Gasteiger charge is -2.26. The van der Waals surface area contributed by atoms with Gasteiger partial charge < -0.3 is 11.1 Å². The molecule has 0 saturated heterocycles. The molecule has 6 nitrogen and oxygen atoms in total. The standard InChI is InChI=1S/C11H12FN3O3S/c1-7-2-4-8(5-3-7)19(17,18)15-6-9(12)10(13)14-11(15)16/h2-6,10H,13H2,1H3,(H,14,16). The van der Waals surface area contributed by atoms with Gasteiger partial charge >= 0.3 is 6.03 Å². The van der Waals surface area contributed by atoms with E-state index in [0.717, 1.165) is 5.56 Å². The van der Waals surface area contributed by atoms with Gasteiger partial charge in [0.05, 0.1) is 11.1 Å². The molecule has 1 aliphatic heterocycles. The minimum absolute atomic E-state index is 0.104. The molecule has 3 N–H and O–H groups in total. The fourth-order valence-electron chi connectivity index (χ4n) is 1.52. The van der Waals surface area contributed by atoms with Crippen molar-refractivity contribution in [2.24, 2.45) is 5.73 Å². The van der Waals surface area contributed by atoms with Crippen molar-refractivity contribution in [2.45, 2.75) is 18.0 Å². The molecular formula is C11H12FN3O3S. The predicted molar refractivity (Wildman–Crippen MR) is 65.9 cm³/mol. The van der Waals surface area contributed by atoms with Crippen LogP contribution in [0.1, 0.15) is 5.56 Å². The van der Waals surface area contributed by atoms with Crippen LogP contribution in [0.25, 0.3) is 0 Å². The van der Waals surface area contributed by atoms with Gasteiger partial charge in [0, 0.05) is 0 Å². The van der Waals surface area contributed by atoms with Crippen LogP contribution in [0, 0.1) is 6.92 Å². The summed E-state index contributed by atoms with van der Waals surface area (Å²) >= 11 is 0. The predicted octanol–water partition coefficient (Wildman–Crippen LogP) is 0.805. The normalized spacial score (nSPS) is 19.9. The fourth-order valence-corrected chi connectivity index (χ4v) is 2.74. The molecule has 2 amide bonds. The third kappa shape index (κ3) is 2.45. The van der Waals surface area contributed by atoms with Crippen LogP contribution in [-0.4, -0.2) is 24.9 Å². The third-order valence-corrected chi connectivity index (χ3v) is 4.25. The van der Waals surface area contributed by atoms with Crippen molar-refractivity contribution in [3.63, 3.8) is 0 Å². The minimum atomic E-state index is -4.13. The highest BCUT2D eigenvalue weighted by molar-refractivity contribution is 7.89. The molecule has 8 heteroatoms. The van der Waals surface area contributed by atoms with E-state index in [1.54, 1.807) is 19.1 Å². The first-order valence-corrected chi connectivity index (χ1v) is 6.81. The van der Waals surface area contributed by atoms with Crippen LogP contribution in [-0.2, 0) is 10.0 Å². The summed E-state index contributed by atoms with van der Waals surface area (Å²) < 4.78 is 38.0. The number of benzene rings is 1. The molecule has 0 aliphatic carbocycles. The van der Waals surface area contributed by atoms with E-state index < -0.39 is 28.0 Å². The molecule has 2 rings (SSSR count). The molecule has 0 bridgehead atoms. The molecule has 0 saturated carbocycles. The Morgan fingerprint density at radius 1 is 1.32 bits per heavy atom. The minimum Gasteiger partial charge on any atom is -0.315 e. The summed E-state index contributed by atoms with van der Waals surface area (Å²) in [6.45, 7) is 1.79. The number of aryl methyl sites for hydroxylation is 1. The number of rotatable bonds is 2. The summed E-state index contributed by atoms with van der Waals surface area (Å²) in [7, 11) is -4.13. The number of carbonyl (C=O) groups is 1. The average molecular weight is 285 g/mol. The largest absolute Gasteiger partial charge is 0.337 e. The highest BCUT2D eigenvalue weighted by atomic mass is 32.2. The smallest absolute Gasteiger partial charge is 0.315 e. The molecule has 1 heterocycles. The second-order valence-corrected chi connectivity index (χ2v) is 5.87. The monoisotopic (exact) mass is 285 g/mol. The van der Waals surface area contributed by atoms with Gasteiger partial charge in [-0.2, -0.15) is 4.31 Å². The van der Waals surface area contributed by atoms with Gasteiger partial charge in [-0.3, -0.25) is 0 Å². The first-order valence-electron chi connectivity index (χ1n) is 5.37. The second kappa shape index (κ2) is 4.63. The number of nitrogens with two attached hydrogens (primary N) is 1. The maximum atomic E-state index is 13.3. The molecular weight excluding hydrogens is 273 g/mol. The zero-order valence-corrected chi connectivity index (χ0v) is 10.8. The molecule has 1 atom stereocenters. The van der Waals surface area contributed by atoms with E-state index in [9.17, 15) is 17.6 Å².